The number of amides is 1. The van der Waals surface area contributed by atoms with E-state index in [1.807, 2.05) is 31.2 Å². The second-order valence-electron chi connectivity index (χ2n) is 6.49. The van der Waals surface area contributed by atoms with Gasteiger partial charge < -0.3 is 20.7 Å². The van der Waals surface area contributed by atoms with Gasteiger partial charge in [-0.1, -0.05) is 12.1 Å². The fourth-order valence-corrected chi connectivity index (χ4v) is 2.87. The molecule has 0 spiro atoms. The summed E-state index contributed by atoms with van der Waals surface area (Å²) >= 11 is 0. The van der Waals surface area contributed by atoms with Gasteiger partial charge in [-0.3, -0.25) is 9.69 Å². The molecule has 0 atom stereocenters. The van der Waals surface area contributed by atoms with Crippen LogP contribution in [0.25, 0.3) is 0 Å². The Morgan fingerprint density at radius 1 is 1.07 bits per heavy atom. The minimum atomic E-state index is -0.0391. The molecule has 0 radical (unpaired) electrons. The number of benzene rings is 1. The molecule has 0 bridgehead atoms. The maximum absolute atomic E-state index is 11.8. The highest BCUT2D eigenvalue weighted by Crippen LogP contribution is 2.06. The fraction of sp³-hybridized carbons (Fsp3) is 0.600. The van der Waals surface area contributed by atoms with Gasteiger partial charge in [-0.2, -0.15) is 0 Å². The van der Waals surface area contributed by atoms with E-state index in [2.05, 4.69) is 32.8 Å². The Balaban J connectivity index is 0.00000392. The third-order valence-corrected chi connectivity index (χ3v) is 4.36. The number of carbonyl (C=O) groups is 1. The summed E-state index contributed by atoms with van der Waals surface area (Å²) in [5, 5.41) is 9.48. The lowest BCUT2D eigenvalue weighted by Gasteiger charge is -2.26. The second kappa shape index (κ2) is 14.6. The summed E-state index contributed by atoms with van der Waals surface area (Å²) in [6.07, 6.45) is 1.08. The van der Waals surface area contributed by atoms with Gasteiger partial charge in [0.15, 0.2) is 5.96 Å². The van der Waals surface area contributed by atoms with Gasteiger partial charge in [-0.25, -0.2) is 4.99 Å². The first-order valence-electron chi connectivity index (χ1n) is 9.92. The molecule has 1 saturated heterocycles. The number of rotatable bonds is 9. The number of ether oxygens (including phenoxy) is 1. The second-order valence-corrected chi connectivity index (χ2v) is 6.49. The molecule has 158 valence electrons. The minimum absolute atomic E-state index is 0. The van der Waals surface area contributed by atoms with E-state index in [1.165, 1.54) is 0 Å². The number of aliphatic imine (C=N–C) groups is 1. The average Bonchev–Trinajstić information content (AvgIpc) is 2.70. The Hall–Kier alpha value is -1.39. The zero-order chi connectivity index (χ0) is 19.3. The van der Waals surface area contributed by atoms with Crippen LogP contribution in [-0.2, 0) is 11.3 Å². The highest BCUT2D eigenvalue weighted by atomic mass is 127. The predicted molar refractivity (Wildman–Crippen MR) is 125 cm³/mol. The molecule has 2 rings (SSSR count). The summed E-state index contributed by atoms with van der Waals surface area (Å²) < 4.78 is 5.37. The molecule has 1 heterocycles. The van der Waals surface area contributed by atoms with Crippen LogP contribution in [0, 0.1) is 0 Å². The molecule has 28 heavy (non-hydrogen) atoms. The van der Waals surface area contributed by atoms with Crippen molar-refractivity contribution in [2.24, 2.45) is 4.99 Å². The summed E-state index contributed by atoms with van der Waals surface area (Å²) in [5.41, 5.74) is 1.76. The third-order valence-electron chi connectivity index (χ3n) is 4.36. The van der Waals surface area contributed by atoms with E-state index < -0.39 is 0 Å². The lowest BCUT2D eigenvalue weighted by atomic mass is 10.1. The van der Waals surface area contributed by atoms with Gasteiger partial charge in [-0.05, 0) is 44.5 Å². The summed E-state index contributed by atoms with van der Waals surface area (Å²) in [6.45, 7) is 11.7. The molecule has 0 saturated carbocycles. The van der Waals surface area contributed by atoms with Gasteiger partial charge in [0.2, 0.25) is 0 Å². The smallest absolute Gasteiger partial charge is 0.251 e. The standard InChI is InChI=1S/C20H33N5O2.HI/c1-3-21-19(26)18-8-6-17(7-9-18)16-24-20(22-4-2)23-10-5-11-25-12-14-27-15-13-25;/h6-9H,3-5,10-16H2,1-2H3,(H,21,26)(H2,22,23,24);1H. The molecule has 1 amide bonds. The highest BCUT2D eigenvalue weighted by Gasteiger charge is 2.09. The normalized spacial score (nSPS) is 14.9. The van der Waals surface area contributed by atoms with E-state index in [1.54, 1.807) is 0 Å². The Labute approximate surface area is 185 Å². The zero-order valence-corrected chi connectivity index (χ0v) is 19.3. The van der Waals surface area contributed by atoms with Crippen molar-refractivity contribution in [1.82, 2.24) is 20.9 Å². The van der Waals surface area contributed by atoms with Crippen LogP contribution in [0.2, 0.25) is 0 Å². The minimum Gasteiger partial charge on any atom is -0.379 e. The van der Waals surface area contributed by atoms with Gasteiger partial charge in [0.25, 0.3) is 5.91 Å². The molecule has 1 aliphatic heterocycles. The summed E-state index contributed by atoms with van der Waals surface area (Å²) in [6, 6.07) is 7.60. The van der Waals surface area contributed by atoms with Gasteiger partial charge in [-0.15, -0.1) is 24.0 Å². The number of nitrogens with zero attached hydrogens (tertiary/aromatic N) is 2. The van der Waals surface area contributed by atoms with Crippen LogP contribution in [0.3, 0.4) is 0 Å². The summed E-state index contributed by atoms with van der Waals surface area (Å²) in [7, 11) is 0. The Bertz CT molecular complexity index is 589. The first kappa shape index (κ1) is 24.6. The van der Waals surface area contributed by atoms with Gasteiger partial charge in [0.1, 0.15) is 0 Å². The van der Waals surface area contributed by atoms with E-state index in [-0.39, 0.29) is 29.9 Å². The number of guanidine groups is 1. The van der Waals surface area contributed by atoms with Crippen LogP contribution in [-0.4, -0.2) is 69.2 Å². The van der Waals surface area contributed by atoms with E-state index in [9.17, 15) is 4.79 Å². The van der Waals surface area contributed by atoms with Crippen molar-refractivity contribution >= 4 is 35.8 Å². The number of carbonyl (C=O) groups excluding carboxylic acids is 1. The molecule has 0 unspecified atom stereocenters. The molecule has 8 heteroatoms. The largest absolute Gasteiger partial charge is 0.379 e. The van der Waals surface area contributed by atoms with Crippen LogP contribution < -0.4 is 16.0 Å². The SMILES string of the molecule is CCNC(=O)c1ccc(CN=C(NCC)NCCCN2CCOCC2)cc1.I. The van der Waals surface area contributed by atoms with Crippen molar-refractivity contribution in [3.63, 3.8) is 0 Å². The molecule has 1 fully saturated rings. The van der Waals surface area contributed by atoms with E-state index >= 15 is 0 Å². The summed E-state index contributed by atoms with van der Waals surface area (Å²) in [4.78, 5) is 18.9. The molecule has 0 aromatic heterocycles. The topological polar surface area (TPSA) is 78.0 Å². The molecular formula is C20H34IN5O2. The molecule has 1 aliphatic rings. The van der Waals surface area contributed by atoms with Crippen molar-refractivity contribution in [2.45, 2.75) is 26.8 Å². The van der Waals surface area contributed by atoms with Crippen LogP contribution in [0.4, 0.5) is 0 Å². The van der Waals surface area contributed by atoms with Crippen molar-refractivity contribution in [3.05, 3.63) is 35.4 Å². The highest BCUT2D eigenvalue weighted by molar-refractivity contribution is 14.0. The quantitative estimate of drug-likeness (QED) is 0.208. The molecular weight excluding hydrogens is 469 g/mol. The van der Waals surface area contributed by atoms with Crippen LogP contribution >= 0.6 is 24.0 Å². The number of halogens is 1. The third kappa shape index (κ3) is 9.20. The lowest BCUT2D eigenvalue weighted by Crippen LogP contribution is -2.40. The van der Waals surface area contributed by atoms with Crippen LogP contribution in [0.1, 0.15) is 36.2 Å². The van der Waals surface area contributed by atoms with Gasteiger partial charge >= 0.3 is 0 Å². The van der Waals surface area contributed by atoms with Gasteiger partial charge in [0.05, 0.1) is 19.8 Å². The number of hydrogen-bond donors (Lipinski definition) is 3. The van der Waals surface area contributed by atoms with Crippen molar-refractivity contribution < 1.29 is 9.53 Å². The van der Waals surface area contributed by atoms with E-state index in [0.717, 1.165) is 63.9 Å². The lowest BCUT2D eigenvalue weighted by molar-refractivity contribution is 0.0376. The fourth-order valence-electron chi connectivity index (χ4n) is 2.87. The average molecular weight is 503 g/mol. The number of hydrogen-bond acceptors (Lipinski definition) is 4. The maximum atomic E-state index is 11.8. The zero-order valence-electron chi connectivity index (χ0n) is 17.0. The van der Waals surface area contributed by atoms with Gasteiger partial charge in [0, 0.05) is 38.3 Å². The molecule has 0 aliphatic carbocycles. The van der Waals surface area contributed by atoms with Crippen LogP contribution in [0.5, 0.6) is 0 Å². The number of morpholine rings is 1. The van der Waals surface area contributed by atoms with Crippen molar-refractivity contribution in [3.8, 4) is 0 Å². The maximum Gasteiger partial charge on any atom is 0.251 e. The Kier molecular flexibility index (Phi) is 12.8. The first-order valence-corrected chi connectivity index (χ1v) is 9.92. The van der Waals surface area contributed by atoms with E-state index in [4.69, 9.17) is 4.74 Å². The predicted octanol–water partition coefficient (Wildman–Crippen LogP) is 1.83. The number of nitrogens with one attached hydrogen (secondary N) is 3. The van der Waals surface area contributed by atoms with Crippen LogP contribution in [0.15, 0.2) is 29.3 Å². The molecule has 7 nitrogen and oxygen atoms in total. The van der Waals surface area contributed by atoms with E-state index in [0.29, 0.717) is 18.7 Å². The first-order chi connectivity index (χ1) is 13.2. The van der Waals surface area contributed by atoms with Crippen molar-refractivity contribution in [2.75, 3.05) is 52.5 Å². The molecule has 1 aromatic carbocycles. The summed E-state index contributed by atoms with van der Waals surface area (Å²) in [5.74, 6) is 0.787. The monoisotopic (exact) mass is 503 g/mol. The molecule has 3 N–H and O–H groups in total. The Morgan fingerprint density at radius 2 is 1.75 bits per heavy atom. The Morgan fingerprint density at radius 3 is 2.39 bits per heavy atom. The molecule has 1 aromatic rings. The van der Waals surface area contributed by atoms with Crippen molar-refractivity contribution in [1.29, 1.82) is 0 Å².